The molecule has 2 aromatic carbocycles. The lowest BCUT2D eigenvalue weighted by Gasteiger charge is -2.10. The highest BCUT2D eigenvalue weighted by atomic mass is 19.2. The van der Waals surface area contributed by atoms with Crippen molar-refractivity contribution in [3.63, 3.8) is 0 Å². The number of hydrogen-bond donors (Lipinski definition) is 1. The maximum Gasteiger partial charge on any atom is 0.341 e. The minimum atomic E-state index is -1.83. The maximum atomic E-state index is 14.3. The standard InChI is InChI=1S/C17H13F3N2O3/c1-8-21-15-11(17(23)24)12(18)13(19)14(20)16(15)22(8)7-9-3-5-10(25-2)6-4-9/h3-6H,7H2,1-2H3,(H,23,24). The van der Waals surface area contributed by atoms with Gasteiger partial charge in [-0.15, -0.1) is 0 Å². The molecule has 3 aromatic rings. The third-order valence-electron chi connectivity index (χ3n) is 3.92. The first-order valence-corrected chi connectivity index (χ1v) is 7.24. The van der Waals surface area contributed by atoms with Crippen LogP contribution in [0.5, 0.6) is 5.75 Å². The van der Waals surface area contributed by atoms with Crippen molar-refractivity contribution in [2.75, 3.05) is 7.11 Å². The number of aryl methyl sites for hydroxylation is 1. The SMILES string of the molecule is COc1ccc(Cn2c(C)nc3c(C(=O)O)c(F)c(F)c(F)c32)cc1. The molecular formula is C17H13F3N2O3. The second kappa shape index (κ2) is 6.12. The van der Waals surface area contributed by atoms with Crippen LogP contribution in [-0.4, -0.2) is 27.7 Å². The van der Waals surface area contributed by atoms with Gasteiger partial charge in [-0.2, -0.15) is 0 Å². The van der Waals surface area contributed by atoms with Gasteiger partial charge in [-0.1, -0.05) is 12.1 Å². The van der Waals surface area contributed by atoms with E-state index in [2.05, 4.69) is 4.98 Å². The molecule has 1 heterocycles. The van der Waals surface area contributed by atoms with E-state index < -0.39 is 34.5 Å². The van der Waals surface area contributed by atoms with Crippen LogP contribution in [0.15, 0.2) is 24.3 Å². The van der Waals surface area contributed by atoms with Crippen LogP contribution in [0.2, 0.25) is 0 Å². The molecule has 0 radical (unpaired) electrons. The van der Waals surface area contributed by atoms with Gasteiger partial charge in [0.1, 0.15) is 28.2 Å². The second-order valence-electron chi connectivity index (χ2n) is 5.41. The van der Waals surface area contributed by atoms with E-state index in [-0.39, 0.29) is 17.9 Å². The Kier molecular flexibility index (Phi) is 4.12. The minimum Gasteiger partial charge on any atom is -0.497 e. The van der Waals surface area contributed by atoms with E-state index in [1.165, 1.54) is 18.6 Å². The third-order valence-corrected chi connectivity index (χ3v) is 3.92. The Morgan fingerprint density at radius 1 is 1.16 bits per heavy atom. The molecule has 5 nitrogen and oxygen atoms in total. The molecule has 3 rings (SSSR count). The number of fused-ring (bicyclic) bond motifs is 1. The molecule has 25 heavy (non-hydrogen) atoms. The maximum absolute atomic E-state index is 14.3. The molecule has 0 saturated heterocycles. The summed E-state index contributed by atoms with van der Waals surface area (Å²) in [5, 5.41) is 9.13. The Balaban J connectivity index is 2.21. The smallest absolute Gasteiger partial charge is 0.341 e. The van der Waals surface area contributed by atoms with E-state index >= 15 is 0 Å². The first-order valence-electron chi connectivity index (χ1n) is 7.24. The van der Waals surface area contributed by atoms with Gasteiger partial charge in [-0.3, -0.25) is 0 Å². The first-order chi connectivity index (χ1) is 11.8. The van der Waals surface area contributed by atoms with E-state index in [0.717, 1.165) is 5.56 Å². The summed E-state index contributed by atoms with van der Waals surface area (Å²) in [6.07, 6.45) is 0. The van der Waals surface area contributed by atoms with Gasteiger partial charge in [-0.05, 0) is 24.6 Å². The lowest BCUT2D eigenvalue weighted by Crippen LogP contribution is -2.09. The fraction of sp³-hybridized carbons (Fsp3) is 0.176. The van der Waals surface area contributed by atoms with Crippen LogP contribution in [0.25, 0.3) is 11.0 Å². The van der Waals surface area contributed by atoms with Gasteiger partial charge in [0.2, 0.25) is 0 Å². The Bertz CT molecular complexity index is 981. The minimum absolute atomic E-state index is 0.105. The number of methoxy groups -OCH3 is 1. The quantitative estimate of drug-likeness (QED) is 0.732. The van der Waals surface area contributed by atoms with Crippen molar-refractivity contribution < 1.29 is 27.8 Å². The number of hydrogen-bond acceptors (Lipinski definition) is 3. The number of rotatable bonds is 4. The molecule has 0 aliphatic carbocycles. The average molecular weight is 350 g/mol. The van der Waals surface area contributed by atoms with Crippen LogP contribution in [0, 0.1) is 24.4 Å². The number of aromatic nitrogens is 2. The summed E-state index contributed by atoms with van der Waals surface area (Å²) in [5.41, 5.74) is -1.06. The zero-order valence-electron chi connectivity index (χ0n) is 13.3. The predicted octanol–water partition coefficient (Wildman–Crippen LogP) is 3.52. The average Bonchev–Trinajstić information content (AvgIpc) is 2.89. The fourth-order valence-corrected chi connectivity index (χ4v) is 2.68. The van der Waals surface area contributed by atoms with Gasteiger partial charge in [0.25, 0.3) is 0 Å². The molecule has 0 spiro atoms. The number of carboxylic acids is 1. The van der Waals surface area contributed by atoms with Gasteiger partial charge >= 0.3 is 5.97 Å². The van der Waals surface area contributed by atoms with Crippen molar-refractivity contribution in [1.82, 2.24) is 9.55 Å². The van der Waals surface area contributed by atoms with E-state index in [1.807, 2.05) is 0 Å². The molecule has 130 valence electrons. The molecule has 0 bridgehead atoms. The predicted molar refractivity (Wildman–Crippen MR) is 83.4 cm³/mol. The highest BCUT2D eigenvalue weighted by molar-refractivity contribution is 6.01. The molecule has 0 aliphatic rings. The van der Waals surface area contributed by atoms with Gasteiger partial charge in [0, 0.05) is 6.54 Å². The van der Waals surface area contributed by atoms with Gasteiger partial charge in [0.15, 0.2) is 17.5 Å². The summed E-state index contributed by atoms with van der Waals surface area (Å²) >= 11 is 0. The number of benzene rings is 2. The number of halogens is 3. The lowest BCUT2D eigenvalue weighted by molar-refractivity contribution is 0.0692. The van der Waals surface area contributed by atoms with Crippen molar-refractivity contribution >= 4 is 17.0 Å². The zero-order chi connectivity index (χ0) is 18.3. The van der Waals surface area contributed by atoms with Crippen LogP contribution in [0.3, 0.4) is 0 Å². The molecule has 0 saturated carbocycles. The van der Waals surface area contributed by atoms with Crippen molar-refractivity contribution in [3.8, 4) is 5.75 Å². The topological polar surface area (TPSA) is 64.4 Å². The molecular weight excluding hydrogens is 337 g/mol. The molecule has 0 fully saturated rings. The molecule has 0 aliphatic heterocycles. The number of aromatic carboxylic acids is 1. The van der Waals surface area contributed by atoms with Crippen molar-refractivity contribution in [2.45, 2.75) is 13.5 Å². The van der Waals surface area contributed by atoms with E-state index in [9.17, 15) is 18.0 Å². The van der Waals surface area contributed by atoms with Crippen LogP contribution in [-0.2, 0) is 6.54 Å². The third kappa shape index (κ3) is 2.69. The number of imidazole rings is 1. The fourth-order valence-electron chi connectivity index (χ4n) is 2.68. The number of nitrogens with zero attached hydrogens (tertiary/aromatic N) is 2. The molecule has 0 unspecified atom stereocenters. The highest BCUT2D eigenvalue weighted by Gasteiger charge is 2.28. The molecule has 1 N–H and O–H groups in total. The van der Waals surface area contributed by atoms with E-state index in [0.29, 0.717) is 5.75 Å². The largest absolute Gasteiger partial charge is 0.497 e. The van der Waals surface area contributed by atoms with Crippen molar-refractivity contribution in [1.29, 1.82) is 0 Å². The normalized spacial score (nSPS) is 11.1. The second-order valence-corrected chi connectivity index (χ2v) is 5.41. The van der Waals surface area contributed by atoms with E-state index in [1.54, 1.807) is 24.3 Å². The van der Waals surface area contributed by atoms with Crippen molar-refractivity contribution in [3.05, 3.63) is 58.7 Å². The van der Waals surface area contributed by atoms with E-state index in [4.69, 9.17) is 9.84 Å². The molecule has 0 amide bonds. The Morgan fingerprint density at radius 2 is 1.80 bits per heavy atom. The Morgan fingerprint density at radius 3 is 2.36 bits per heavy atom. The number of ether oxygens (including phenoxy) is 1. The summed E-state index contributed by atoms with van der Waals surface area (Å²) in [7, 11) is 1.52. The van der Waals surface area contributed by atoms with Crippen molar-refractivity contribution in [2.24, 2.45) is 0 Å². The van der Waals surface area contributed by atoms with Gasteiger partial charge in [-0.25, -0.2) is 22.9 Å². The first kappa shape index (κ1) is 16.8. The number of carbonyl (C=O) groups is 1. The molecule has 1 aromatic heterocycles. The summed E-state index contributed by atoms with van der Waals surface area (Å²) in [6.45, 7) is 1.61. The summed E-state index contributed by atoms with van der Waals surface area (Å²) in [6, 6.07) is 6.84. The summed E-state index contributed by atoms with van der Waals surface area (Å²) < 4.78 is 48.3. The van der Waals surface area contributed by atoms with Crippen LogP contribution < -0.4 is 4.74 Å². The van der Waals surface area contributed by atoms with Crippen LogP contribution in [0.4, 0.5) is 13.2 Å². The lowest BCUT2D eigenvalue weighted by atomic mass is 10.1. The molecule has 0 atom stereocenters. The number of carboxylic acid groups (broad SMARTS) is 1. The van der Waals surface area contributed by atoms with Gasteiger partial charge in [0.05, 0.1) is 7.11 Å². The Labute approximate surface area is 140 Å². The van der Waals surface area contributed by atoms with Crippen LogP contribution >= 0.6 is 0 Å². The van der Waals surface area contributed by atoms with Crippen LogP contribution in [0.1, 0.15) is 21.7 Å². The Hall–Kier alpha value is -3.03. The highest BCUT2D eigenvalue weighted by Crippen LogP contribution is 2.29. The van der Waals surface area contributed by atoms with Gasteiger partial charge < -0.3 is 14.4 Å². The summed E-state index contributed by atoms with van der Waals surface area (Å²) in [4.78, 5) is 15.2. The molecule has 8 heteroatoms. The summed E-state index contributed by atoms with van der Waals surface area (Å²) in [5.74, 6) is -5.91. The zero-order valence-corrected chi connectivity index (χ0v) is 13.3. The monoisotopic (exact) mass is 350 g/mol.